The predicted molar refractivity (Wildman–Crippen MR) is 157 cm³/mol. The minimum Gasteiger partial charge on any atom is -0.493 e. The summed E-state index contributed by atoms with van der Waals surface area (Å²) in [5.41, 5.74) is 1.91. The number of hydrogen-bond acceptors (Lipinski definition) is 5. The minimum atomic E-state index is -1.40. The van der Waals surface area contributed by atoms with Crippen molar-refractivity contribution in [2.75, 3.05) is 26.4 Å². The fourth-order valence-corrected chi connectivity index (χ4v) is 6.01. The Morgan fingerprint density at radius 3 is 2.29 bits per heavy atom. The normalized spacial score (nSPS) is 18.2. The summed E-state index contributed by atoms with van der Waals surface area (Å²) in [4.78, 5) is 28.3. The summed E-state index contributed by atoms with van der Waals surface area (Å²) in [6, 6.07) is 7.08. The number of carboxylic acids is 1. The highest BCUT2D eigenvalue weighted by atomic mass is 35.5. The number of carbonyl (C=O) groups excluding carboxylic acids is 1. The topological polar surface area (TPSA) is 90.3 Å². The van der Waals surface area contributed by atoms with Crippen LogP contribution in [0.4, 0.5) is 4.39 Å². The quantitative estimate of drug-likeness (QED) is 0.219. The first-order valence-corrected chi connectivity index (χ1v) is 14.7. The zero-order valence-corrected chi connectivity index (χ0v) is 25.1. The molecule has 1 saturated carbocycles. The van der Waals surface area contributed by atoms with E-state index in [0.717, 1.165) is 54.8 Å². The molecule has 41 heavy (non-hydrogen) atoms. The second kappa shape index (κ2) is 13.6. The van der Waals surface area contributed by atoms with Crippen molar-refractivity contribution in [2.45, 2.75) is 64.5 Å². The fourth-order valence-electron chi connectivity index (χ4n) is 5.47. The van der Waals surface area contributed by atoms with E-state index >= 15 is 4.39 Å². The zero-order chi connectivity index (χ0) is 29.8. The summed E-state index contributed by atoms with van der Waals surface area (Å²) in [5, 5.41) is 20.8. The van der Waals surface area contributed by atoms with Gasteiger partial charge in [0.1, 0.15) is 18.3 Å². The highest BCUT2D eigenvalue weighted by Gasteiger charge is 2.35. The van der Waals surface area contributed by atoms with Crippen molar-refractivity contribution >= 4 is 35.1 Å². The summed E-state index contributed by atoms with van der Waals surface area (Å²) >= 11 is 12.4. The van der Waals surface area contributed by atoms with Crippen molar-refractivity contribution < 1.29 is 28.9 Å². The lowest BCUT2D eigenvalue weighted by Gasteiger charge is -2.36. The van der Waals surface area contributed by atoms with Crippen LogP contribution in [0, 0.1) is 11.7 Å². The fraction of sp³-hybridized carbons (Fsp3) is 0.484. The average molecular weight is 608 g/mol. The van der Waals surface area contributed by atoms with Crippen LogP contribution in [0.1, 0.15) is 79.9 Å². The first kappa shape index (κ1) is 31.3. The number of aliphatic hydroxyl groups excluding tert-OH is 1. The second-order valence-electron chi connectivity index (χ2n) is 11.0. The monoisotopic (exact) mass is 606 g/mol. The van der Waals surface area contributed by atoms with Gasteiger partial charge >= 0.3 is 5.97 Å². The number of carbonyl (C=O) groups is 2. The molecule has 1 aliphatic heterocycles. The number of halogens is 3. The van der Waals surface area contributed by atoms with Gasteiger partial charge in [0.2, 0.25) is 0 Å². The molecule has 2 aromatic rings. The van der Waals surface area contributed by atoms with Gasteiger partial charge < -0.3 is 14.9 Å². The molecule has 2 aliphatic rings. The molecule has 2 atom stereocenters. The Kier molecular flexibility index (Phi) is 10.3. The molecule has 2 N–H and O–H groups in total. The molecular formula is C31H37Cl2FN2O5. The maximum atomic E-state index is 15.3. The van der Waals surface area contributed by atoms with Crippen LogP contribution in [-0.4, -0.2) is 64.4 Å². The Bertz CT molecular complexity index is 1290. The third-order valence-corrected chi connectivity index (χ3v) is 8.67. The molecule has 0 spiro atoms. The molecule has 4 rings (SSSR count). The Morgan fingerprint density at radius 2 is 1.76 bits per heavy atom. The van der Waals surface area contributed by atoms with Crippen molar-refractivity contribution in [3.63, 3.8) is 0 Å². The van der Waals surface area contributed by atoms with Crippen molar-refractivity contribution in [3.05, 3.63) is 74.5 Å². The SMILES string of the molecule is C/C=C(\C)[C@@H](C(=O)O)N(CO)C(=O)c1cc(C2CC2)c(OCC2CCN(C(C)c3cc(Cl)cc(Cl)c3)CC2)cc1F. The van der Waals surface area contributed by atoms with Crippen LogP contribution >= 0.6 is 23.2 Å². The highest BCUT2D eigenvalue weighted by molar-refractivity contribution is 6.34. The number of ether oxygens (including phenoxy) is 1. The van der Waals surface area contributed by atoms with Crippen LogP contribution in [0.25, 0.3) is 0 Å². The molecular weight excluding hydrogens is 570 g/mol. The van der Waals surface area contributed by atoms with Crippen LogP contribution in [0.15, 0.2) is 42.0 Å². The largest absolute Gasteiger partial charge is 0.493 e. The van der Waals surface area contributed by atoms with Gasteiger partial charge in [-0.1, -0.05) is 29.3 Å². The minimum absolute atomic E-state index is 0.152. The third kappa shape index (κ3) is 7.41. The summed E-state index contributed by atoms with van der Waals surface area (Å²) in [7, 11) is 0. The number of nitrogens with zero attached hydrogens (tertiary/aromatic N) is 2. The maximum absolute atomic E-state index is 15.3. The first-order valence-electron chi connectivity index (χ1n) is 14.0. The van der Waals surface area contributed by atoms with Gasteiger partial charge in [-0.2, -0.15) is 0 Å². The Morgan fingerprint density at radius 1 is 1.12 bits per heavy atom. The number of likely N-dealkylation sites (tertiary alicyclic amines) is 1. The van der Waals surface area contributed by atoms with E-state index in [-0.39, 0.29) is 17.5 Å². The first-order chi connectivity index (χ1) is 19.5. The van der Waals surface area contributed by atoms with Gasteiger partial charge in [-0.15, -0.1) is 0 Å². The van der Waals surface area contributed by atoms with E-state index in [0.29, 0.717) is 33.9 Å². The summed E-state index contributed by atoms with van der Waals surface area (Å²) in [5.74, 6) is -2.13. The number of aliphatic hydroxyl groups is 1. The predicted octanol–water partition coefficient (Wildman–Crippen LogP) is 6.67. The average Bonchev–Trinajstić information content (AvgIpc) is 3.78. The van der Waals surface area contributed by atoms with Crippen LogP contribution in [0.2, 0.25) is 10.0 Å². The van der Waals surface area contributed by atoms with E-state index in [9.17, 15) is 19.8 Å². The van der Waals surface area contributed by atoms with Gasteiger partial charge in [-0.05, 0) is 112 Å². The molecule has 0 bridgehead atoms. The van der Waals surface area contributed by atoms with Gasteiger partial charge in [-0.25, -0.2) is 9.18 Å². The van der Waals surface area contributed by atoms with E-state index in [1.54, 1.807) is 26.0 Å². The molecule has 10 heteroatoms. The Balaban J connectivity index is 1.44. The van der Waals surface area contributed by atoms with Gasteiger partial charge in [0.15, 0.2) is 6.04 Å². The van der Waals surface area contributed by atoms with Crippen LogP contribution in [-0.2, 0) is 4.79 Å². The Labute approximate surface area is 250 Å². The zero-order valence-electron chi connectivity index (χ0n) is 23.6. The molecule has 2 aromatic carbocycles. The number of amides is 1. The Hall–Kier alpha value is -2.65. The van der Waals surface area contributed by atoms with E-state index in [1.807, 2.05) is 12.1 Å². The van der Waals surface area contributed by atoms with Crippen molar-refractivity contribution in [2.24, 2.45) is 5.92 Å². The standard InChI is InChI=1S/C31H37Cl2FN2O5/c1-4-18(2)29(31(39)40)36(17-37)30(38)26-14-25(21-5-6-21)28(15-27(26)34)41-16-20-7-9-35(10-8-20)19(3)22-11-23(32)13-24(33)12-22/h4,11-15,19-21,29,37H,5-10,16-17H2,1-3H3,(H,39,40)/b18-4+/t19?,29-/m0/s1. The van der Waals surface area contributed by atoms with Gasteiger partial charge in [0.25, 0.3) is 5.91 Å². The lowest BCUT2D eigenvalue weighted by atomic mass is 9.95. The number of aliphatic carboxylic acids is 1. The van der Waals surface area contributed by atoms with Crippen LogP contribution in [0.5, 0.6) is 5.75 Å². The van der Waals surface area contributed by atoms with E-state index in [4.69, 9.17) is 27.9 Å². The second-order valence-corrected chi connectivity index (χ2v) is 11.9. The smallest absolute Gasteiger partial charge is 0.330 e. The van der Waals surface area contributed by atoms with Crippen LogP contribution < -0.4 is 4.74 Å². The molecule has 1 aliphatic carbocycles. The molecule has 1 unspecified atom stereocenters. The number of allylic oxidation sites excluding steroid dienone is 1. The molecule has 1 amide bonds. The van der Waals surface area contributed by atoms with Crippen molar-refractivity contribution in [1.82, 2.24) is 9.80 Å². The maximum Gasteiger partial charge on any atom is 0.330 e. The summed E-state index contributed by atoms with van der Waals surface area (Å²) in [6.45, 7) is 6.66. The number of benzene rings is 2. The van der Waals surface area contributed by atoms with E-state index in [1.165, 1.54) is 12.1 Å². The van der Waals surface area contributed by atoms with Gasteiger partial charge in [0, 0.05) is 22.2 Å². The van der Waals surface area contributed by atoms with Crippen molar-refractivity contribution in [1.29, 1.82) is 0 Å². The number of rotatable bonds is 11. The van der Waals surface area contributed by atoms with E-state index in [2.05, 4.69) is 11.8 Å². The summed E-state index contributed by atoms with van der Waals surface area (Å²) in [6.07, 6.45) is 5.19. The van der Waals surface area contributed by atoms with Crippen molar-refractivity contribution in [3.8, 4) is 5.75 Å². The molecule has 1 saturated heterocycles. The lowest BCUT2D eigenvalue weighted by molar-refractivity contribution is -0.142. The molecule has 1 heterocycles. The molecule has 0 aromatic heterocycles. The highest BCUT2D eigenvalue weighted by Crippen LogP contribution is 2.45. The molecule has 7 nitrogen and oxygen atoms in total. The third-order valence-electron chi connectivity index (χ3n) is 8.23. The number of carboxylic acid groups (broad SMARTS) is 1. The molecule has 2 fully saturated rings. The summed E-state index contributed by atoms with van der Waals surface area (Å²) < 4.78 is 21.5. The van der Waals surface area contributed by atoms with E-state index < -0.39 is 30.5 Å². The van der Waals surface area contributed by atoms with Gasteiger partial charge in [0.05, 0.1) is 12.2 Å². The number of hydrogen-bond donors (Lipinski definition) is 2. The molecule has 222 valence electrons. The molecule has 0 radical (unpaired) electrons. The lowest BCUT2D eigenvalue weighted by Crippen LogP contribution is -2.46. The van der Waals surface area contributed by atoms with Crippen LogP contribution in [0.3, 0.4) is 0 Å². The number of piperidine rings is 1. The van der Waals surface area contributed by atoms with Gasteiger partial charge in [-0.3, -0.25) is 14.6 Å².